The number of hydrogen-bond donors (Lipinski definition) is 0. The Hall–Kier alpha value is -5.98. The lowest BCUT2D eigenvalue weighted by Gasteiger charge is -2.09. The molecule has 0 spiro atoms. The highest BCUT2D eigenvalue weighted by Crippen LogP contribution is 2.38. The van der Waals surface area contributed by atoms with Crippen molar-refractivity contribution in [3.63, 3.8) is 0 Å². The molecule has 4 heterocycles. The van der Waals surface area contributed by atoms with Crippen LogP contribution in [0.2, 0.25) is 0 Å². The molecule has 0 bridgehead atoms. The third kappa shape index (κ3) is 3.50. The normalized spacial score (nSPS) is 12.0. The summed E-state index contributed by atoms with van der Waals surface area (Å²) < 4.78 is 7.20. The van der Waals surface area contributed by atoms with Gasteiger partial charge in [0.25, 0.3) is 5.56 Å². The van der Waals surface area contributed by atoms with Gasteiger partial charge in [-0.2, -0.15) is 0 Å². The summed E-state index contributed by atoms with van der Waals surface area (Å²) in [4.78, 5) is 20.2. The number of rotatable bonds is 3. The van der Waals surface area contributed by atoms with E-state index in [1.807, 2.05) is 54.6 Å². The number of nitrogens with zero attached hydrogens (tertiary/aromatic N) is 4. The SMILES string of the molecule is O=c1c2c(nc3sc4ccccc4n13)c1cc(-c3ccc4c(c3)c3ccccc3n4-c3ccccc3)ccc1n2-c1ccccc1. The summed E-state index contributed by atoms with van der Waals surface area (Å²) in [6.07, 6.45) is 0. The smallest absolute Gasteiger partial charge is 0.283 e. The van der Waals surface area contributed by atoms with Crippen LogP contribution in [-0.4, -0.2) is 18.5 Å². The molecule has 4 aromatic heterocycles. The molecule has 0 aliphatic rings. The Kier molecular flexibility index (Phi) is 5.24. The maximum atomic E-state index is 14.4. The van der Waals surface area contributed by atoms with Gasteiger partial charge in [0.15, 0.2) is 4.96 Å². The van der Waals surface area contributed by atoms with E-state index in [-0.39, 0.29) is 5.56 Å². The number of thiazole rings is 1. The summed E-state index contributed by atoms with van der Waals surface area (Å²) in [6, 6.07) is 50.4. The van der Waals surface area contributed by atoms with Crippen LogP contribution in [0.4, 0.5) is 0 Å². The number of benzene rings is 6. The molecule has 0 aliphatic carbocycles. The second-order valence-electron chi connectivity index (χ2n) is 11.6. The van der Waals surface area contributed by atoms with Gasteiger partial charge in [-0.05, 0) is 77.9 Å². The van der Waals surface area contributed by atoms with Gasteiger partial charge in [0.05, 0.1) is 26.8 Å². The Morgan fingerprint density at radius 2 is 1.07 bits per heavy atom. The average Bonchev–Trinajstić information content (AvgIpc) is 3.76. The largest absolute Gasteiger partial charge is 0.309 e. The first-order chi connectivity index (χ1) is 22.7. The molecular formula is C40H24N4OS. The maximum Gasteiger partial charge on any atom is 0.283 e. The van der Waals surface area contributed by atoms with Crippen molar-refractivity contribution in [1.82, 2.24) is 18.5 Å². The molecule has 0 fully saturated rings. The molecule has 5 nitrogen and oxygen atoms in total. The first-order valence-corrected chi connectivity index (χ1v) is 16.1. The van der Waals surface area contributed by atoms with Crippen LogP contribution < -0.4 is 5.56 Å². The Balaban J connectivity index is 1.26. The van der Waals surface area contributed by atoms with Gasteiger partial charge < -0.3 is 9.13 Å². The molecule has 0 saturated carbocycles. The van der Waals surface area contributed by atoms with E-state index in [0.29, 0.717) is 10.5 Å². The third-order valence-electron chi connectivity index (χ3n) is 9.09. The van der Waals surface area contributed by atoms with E-state index in [4.69, 9.17) is 4.98 Å². The van der Waals surface area contributed by atoms with Crippen molar-refractivity contribution in [1.29, 1.82) is 0 Å². The zero-order valence-corrected chi connectivity index (χ0v) is 25.3. The molecule has 216 valence electrons. The first kappa shape index (κ1) is 25.4. The summed E-state index contributed by atoms with van der Waals surface area (Å²) in [7, 11) is 0. The molecule has 0 atom stereocenters. The Bertz CT molecular complexity index is 2880. The minimum Gasteiger partial charge on any atom is -0.309 e. The second kappa shape index (κ2) is 9.51. The van der Waals surface area contributed by atoms with Gasteiger partial charge in [-0.1, -0.05) is 90.2 Å². The van der Waals surface area contributed by atoms with Gasteiger partial charge in [-0.15, -0.1) is 0 Å². The van der Waals surface area contributed by atoms with Gasteiger partial charge in [-0.3, -0.25) is 4.79 Å². The van der Waals surface area contributed by atoms with E-state index in [2.05, 4.69) is 100 Å². The highest BCUT2D eigenvalue weighted by molar-refractivity contribution is 7.23. The minimum absolute atomic E-state index is 0.0609. The highest BCUT2D eigenvalue weighted by atomic mass is 32.1. The second-order valence-corrected chi connectivity index (χ2v) is 12.6. The number of fused-ring (bicyclic) bond motifs is 9. The van der Waals surface area contributed by atoms with Crippen LogP contribution in [0.5, 0.6) is 0 Å². The first-order valence-electron chi connectivity index (χ1n) is 15.3. The van der Waals surface area contributed by atoms with E-state index in [0.717, 1.165) is 49.1 Å². The van der Waals surface area contributed by atoms with Crippen LogP contribution in [0.1, 0.15) is 0 Å². The predicted molar refractivity (Wildman–Crippen MR) is 191 cm³/mol. The van der Waals surface area contributed by atoms with Crippen molar-refractivity contribution in [2.75, 3.05) is 0 Å². The molecule has 0 aliphatic heterocycles. The standard InChI is InChI=1S/C40H24N4OS/c45-39-38-37(41-40-44(39)35-17-9-10-18-36(35)46-40)31-24-26(20-22-34(31)43(38)28-13-5-2-6-14-28)25-19-21-33-30(23-25)29-15-7-8-16-32(29)42(33)27-11-3-1-4-12-27/h1-24H. The quantitative estimate of drug-likeness (QED) is 0.200. The molecule has 6 heteroatoms. The molecule has 10 rings (SSSR count). The predicted octanol–water partition coefficient (Wildman–Crippen LogP) is 9.77. The summed E-state index contributed by atoms with van der Waals surface area (Å²) >= 11 is 1.55. The van der Waals surface area contributed by atoms with Gasteiger partial charge in [0.2, 0.25) is 0 Å². The van der Waals surface area contributed by atoms with Crippen molar-refractivity contribution < 1.29 is 0 Å². The lowest BCUT2D eigenvalue weighted by molar-refractivity contribution is 1.10. The highest BCUT2D eigenvalue weighted by Gasteiger charge is 2.21. The summed E-state index contributed by atoms with van der Waals surface area (Å²) in [5, 5.41) is 3.37. The molecule has 0 saturated heterocycles. The summed E-state index contributed by atoms with van der Waals surface area (Å²) in [6.45, 7) is 0. The van der Waals surface area contributed by atoms with Crippen LogP contribution in [0, 0.1) is 0 Å². The molecule has 0 unspecified atom stereocenters. The van der Waals surface area contributed by atoms with E-state index >= 15 is 0 Å². The minimum atomic E-state index is -0.0609. The third-order valence-corrected chi connectivity index (χ3v) is 10.1. The van der Waals surface area contributed by atoms with Crippen molar-refractivity contribution in [3.05, 3.63) is 156 Å². The Morgan fingerprint density at radius 3 is 1.80 bits per heavy atom. The molecular weight excluding hydrogens is 585 g/mol. The van der Waals surface area contributed by atoms with Gasteiger partial charge in [0, 0.05) is 27.5 Å². The lowest BCUT2D eigenvalue weighted by atomic mass is 10.0. The molecule has 46 heavy (non-hydrogen) atoms. The fourth-order valence-corrected chi connectivity index (χ4v) is 8.08. The topological polar surface area (TPSA) is 44.2 Å². The van der Waals surface area contributed by atoms with Crippen molar-refractivity contribution in [2.45, 2.75) is 0 Å². The van der Waals surface area contributed by atoms with Gasteiger partial charge in [0.1, 0.15) is 11.0 Å². The van der Waals surface area contributed by atoms with Gasteiger partial charge in [-0.25, -0.2) is 9.38 Å². The fourth-order valence-electron chi connectivity index (χ4n) is 7.06. The van der Waals surface area contributed by atoms with Crippen LogP contribution in [-0.2, 0) is 0 Å². The summed E-state index contributed by atoms with van der Waals surface area (Å²) in [5.74, 6) is 0. The number of para-hydroxylation sites is 4. The van der Waals surface area contributed by atoms with Crippen LogP contribution in [0.3, 0.4) is 0 Å². The Labute approximate surface area is 266 Å². The van der Waals surface area contributed by atoms with E-state index in [1.165, 1.54) is 21.8 Å². The number of aromatic nitrogens is 4. The Morgan fingerprint density at radius 1 is 0.500 bits per heavy atom. The summed E-state index contributed by atoms with van der Waals surface area (Å²) in [5.41, 5.74) is 9.70. The lowest BCUT2D eigenvalue weighted by Crippen LogP contribution is -2.16. The zero-order chi connectivity index (χ0) is 30.4. The monoisotopic (exact) mass is 608 g/mol. The average molecular weight is 609 g/mol. The fraction of sp³-hybridized carbons (Fsp3) is 0. The maximum absolute atomic E-state index is 14.4. The van der Waals surface area contributed by atoms with Crippen LogP contribution in [0.25, 0.3) is 81.4 Å². The van der Waals surface area contributed by atoms with Gasteiger partial charge >= 0.3 is 0 Å². The van der Waals surface area contributed by atoms with Crippen LogP contribution in [0.15, 0.2) is 150 Å². The zero-order valence-electron chi connectivity index (χ0n) is 24.5. The number of hydrogen-bond acceptors (Lipinski definition) is 3. The molecule has 0 radical (unpaired) electrons. The molecule has 0 amide bonds. The van der Waals surface area contributed by atoms with Crippen molar-refractivity contribution in [3.8, 4) is 22.5 Å². The van der Waals surface area contributed by atoms with Crippen LogP contribution >= 0.6 is 11.3 Å². The van der Waals surface area contributed by atoms with Crippen molar-refractivity contribution >= 4 is 70.3 Å². The van der Waals surface area contributed by atoms with E-state index < -0.39 is 0 Å². The molecule has 10 aromatic rings. The van der Waals surface area contributed by atoms with E-state index in [9.17, 15) is 4.79 Å². The molecule has 0 N–H and O–H groups in total. The van der Waals surface area contributed by atoms with E-state index in [1.54, 1.807) is 15.7 Å². The molecule has 6 aromatic carbocycles. The van der Waals surface area contributed by atoms with Crippen molar-refractivity contribution in [2.24, 2.45) is 0 Å².